The van der Waals surface area contributed by atoms with Gasteiger partial charge in [-0.1, -0.05) is 27.7 Å². The zero-order valence-corrected chi connectivity index (χ0v) is 9.85. The maximum atomic E-state index is 5.75. The molecule has 0 bridgehead atoms. The van der Waals surface area contributed by atoms with Gasteiger partial charge in [-0.05, 0) is 24.6 Å². The van der Waals surface area contributed by atoms with E-state index in [9.17, 15) is 0 Å². The summed E-state index contributed by atoms with van der Waals surface area (Å²) in [4.78, 5) is 0. The van der Waals surface area contributed by atoms with E-state index >= 15 is 0 Å². The van der Waals surface area contributed by atoms with Gasteiger partial charge in [0.05, 0.1) is 6.04 Å². The van der Waals surface area contributed by atoms with Crippen molar-refractivity contribution in [1.82, 2.24) is 5.32 Å². The van der Waals surface area contributed by atoms with Crippen LogP contribution in [-0.2, 0) is 6.42 Å². The summed E-state index contributed by atoms with van der Waals surface area (Å²) in [7, 11) is 1.98. The van der Waals surface area contributed by atoms with Gasteiger partial charge >= 0.3 is 0 Å². The van der Waals surface area contributed by atoms with Gasteiger partial charge in [-0.15, -0.1) is 0 Å². The van der Waals surface area contributed by atoms with Crippen LogP contribution in [0, 0.1) is 5.41 Å². The highest BCUT2D eigenvalue weighted by atomic mass is 16.3. The van der Waals surface area contributed by atoms with E-state index in [1.165, 1.54) is 0 Å². The van der Waals surface area contributed by atoms with Gasteiger partial charge in [0.25, 0.3) is 0 Å². The summed E-state index contributed by atoms with van der Waals surface area (Å²) in [5.41, 5.74) is 0.178. The van der Waals surface area contributed by atoms with Crippen molar-refractivity contribution in [1.29, 1.82) is 0 Å². The highest BCUT2D eigenvalue weighted by Crippen LogP contribution is 2.33. The number of furan rings is 1. The second-order valence-corrected chi connectivity index (χ2v) is 4.75. The molecule has 1 heterocycles. The van der Waals surface area contributed by atoms with Crippen molar-refractivity contribution in [3.8, 4) is 0 Å². The number of hydrogen-bond acceptors (Lipinski definition) is 2. The molecule has 1 atom stereocenters. The van der Waals surface area contributed by atoms with Crippen LogP contribution < -0.4 is 5.32 Å². The number of aryl methyl sites for hydroxylation is 1. The second kappa shape index (κ2) is 4.18. The van der Waals surface area contributed by atoms with Crippen LogP contribution in [0.1, 0.15) is 45.3 Å². The fourth-order valence-corrected chi connectivity index (χ4v) is 1.74. The molecule has 0 saturated carbocycles. The van der Waals surface area contributed by atoms with Gasteiger partial charge in [-0.3, -0.25) is 0 Å². The number of rotatable bonds is 3. The topological polar surface area (TPSA) is 25.2 Å². The van der Waals surface area contributed by atoms with Gasteiger partial charge < -0.3 is 9.73 Å². The molecular weight excluding hydrogens is 174 g/mol. The molecule has 0 aliphatic heterocycles. The van der Waals surface area contributed by atoms with Crippen LogP contribution in [0.4, 0.5) is 0 Å². The smallest absolute Gasteiger partial charge is 0.121 e. The molecule has 1 aromatic rings. The molecule has 1 unspecified atom stereocenters. The average molecular weight is 195 g/mol. The fraction of sp³-hybridized carbons (Fsp3) is 0.667. The molecule has 0 aromatic carbocycles. The molecule has 0 spiro atoms. The lowest BCUT2D eigenvalue weighted by molar-refractivity contribution is 0.246. The quantitative estimate of drug-likeness (QED) is 0.801. The first-order chi connectivity index (χ1) is 6.49. The molecule has 0 radical (unpaired) electrons. The van der Waals surface area contributed by atoms with E-state index in [-0.39, 0.29) is 11.5 Å². The molecule has 0 aliphatic carbocycles. The lowest BCUT2D eigenvalue weighted by Crippen LogP contribution is -2.29. The first-order valence-corrected chi connectivity index (χ1v) is 5.25. The van der Waals surface area contributed by atoms with E-state index in [1.54, 1.807) is 0 Å². The average Bonchev–Trinajstić information content (AvgIpc) is 2.51. The summed E-state index contributed by atoms with van der Waals surface area (Å²) in [5.74, 6) is 2.10. The van der Waals surface area contributed by atoms with E-state index < -0.39 is 0 Å². The Kier molecular flexibility index (Phi) is 3.38. The molecular formula is C12H21NO. The highest BCUT2D eigenvalue weighted by Gasteiger charge is 2.27. The predicted octanol–water partition coefficient (Wildman–Crippen LogP) is 3.15. The van der Waals surface area contributed by atoms with Crippen LogP contribution in [0.15, 0.2) is 16.5 Å². The maximum absolute atomic E-state index is 5.75. The largest absolute Gasteiger partial charge is 0.464 e. The summed E-state index contributed by atoms with van der Waals surface area (Å²) in [5, 5.41) is 3.30. The van der Waals surface area contributed by atoms with Crippen LogP contribution in [0.2, 0.25) is 0 Å². The predicted molar refractivity (Wildman–Crippen MR) is 59.3 cm³/mol. The SMILES string of the molecule is CCc1ccc(C(NC)C(C)(C)C)o1. The summed E-state index contributed by atoms with van der Waals surface area (Å²) in [6, 6.07) is 4.42. The van der Waals surface area contributed by atoms with Crippen molar-refractivity contribution in [2.24, 2.45) is 5.41 Å². The minimum absolute atomic E-state index is 0.178. The highest BCUT2D eigenvalue weighted by molar-refractivity contribution is 5.12. The molecule has 80 valence electrons. The van der Waals surface area contributed by atoms with Crippen LogP contribution in [0.3, 0.4) is 0 Å². The lowest BCUT2D eigenvalue weighted by Gasteiger charge is -2.28. The van der Waals surface area contributed by atoms with E-state index in [4.69, 9.17) is 4.42 Å². The summed E-state index contributed by atoms with van der Waals surface area (Å²) in [6.07, 6.45) is 0.959. The normalized spacial score (nSPS) is 14.4. The Labute approximate surface area is 86.7 Å². The Hall–Kier alpha value is -0.760. The molecule has 0 amide bonds. The van der Waals surface area contributed by atoms with Crippen molar-refractivity contribution < 1.29 is 4.42 Å². The monoisotopic (exact) mass is 195 g/mol. The van der Waals surface area contributed by atoms with Crippen molar-refractivity contribution in [2.75, 3.05) is 7.05 Å². The second-order valence-electron chi connectivity index (χ2n) is 4.75. The van der Waals surface area contributed by atoms with Crippen LogP contribution in [-0.4, -0.2) is 7.05 Å². The Bertz CT molecular complexity index is 283. The first-order valence-electron chi connectivity index (χ1n) is 5.25. The Morgan fingerprint density at radius 2 is 2.00 bits per heavy atom. The molecule has 1 rings (SSSR count). The molecule has 0 fully saturated rings. The zero-order valence-electron chi connectivity index (χ0n) is 9.85. The van der Waals surface area contributed by atoms with Crippen molar-refractivity contribution in [2.45, 2.75) is 40.2 Å². The van der Waals surface area contributed by atoms with Gasteiger partial charge in [-0.2, -0.15) is 0 Å². The zero-order chi connectivity index (χ0) is 10.8. The molecule has 2 heteroatoms. The molecule has 0 saturated heterocycles. The first kappa shape index (κ1) is 11.3. The van der Waals surface area contributed by atoms with E-state index in [0.717, 1.165) is 17.9 Å². The van der Waals surface area contributed by atoms with E-state index in [1.807, 2.05) is 7.05 Å². The van der Waals surface area contributed by atoms with Crippen molar-refractivity contribution in [3.05, 3.63) is 23.7 Å². The maximum Gasteiger partial charge on any atom is 0.121 e. The van der Waals surface area contributed by atoms with Gasteiger partial charge in [0.1, 0.15) is 11.5 Å². The molecule has 0 aliphatic rings. The Morgan fingerprint density at radius 3 is 2.36 bits per heavy atom. The summed E-state index contributed by atoms with van der Waals surface area (Å²) in [6.45, 7) is 8.74. The van der Waals surface area contributed by atoms with E-state index in [2.05, 4.69) is 45.1 Å². The Morgan fingerprint density at radius 1 is 1.36 bits per heavy atom. The third-order valence-electron chi connectivity index (χ3n) is 2.47. The van der Waals surface area contributed by atoms with Gasteiger partial charge in [0.15, 0.2) is 0 Å². The third-order valence-corrected chi connectivity index (χ3v) is 2.47. The van der Waals surface area contributed by atoms with Crippen molar-refractivity contribution in [3.63, 3.8) is 0 Å². The van der Waals surface area contributed by atoms with Crippen LogP contribution in [0.5, 0.6) is 0 Å². The Balaban J connectivity index is 2.90. The minimum Gasteiger partial charge on any atom is -0.464 e. The molecule has 2 nitrogen and oxygen atoms in total. The number of nitrogens with one attached hydrogen (secondary N) is 1. The third kappa shape index (κ3) is 2.38. The summed E-state index contributed by atoms with van der Waals surface area (Å²) >= 11 is 0. The molecule has 1 aromatic heterocycles. The van der Waals surface area contributed by atoms with E-state index in [0.29, 0.717) is 0 Å². The van der Waals surface area contributed by atoms with Gasteiger partial charge in [0, 0.05) is 6.42 Å². The minimum atomic E-state index is 0.178. The molecule has 14 heavy (non-hydrogen) atoms. The van der Waals surface area contributed by atoms with Crippen LogP contribution >= 0.6 is 0 Å². The van der Waals surface area contributed by atoms with Gasteiger partial charge in [-0.25, -0.2) is 0 Å². The van der Waals surface area contributed by atoms with Crippen LogP contribution in [0.25, 0.3) is 0 Å². The van der Waals surface area contributed by atoms with Crippen molar-refractivity contribution >= 4 is 0 Å². The fourth-order valence-electron chi connectivity index (χ4n) is 1.74. The number of hydrogen-bond donors (Lipinski definition) is 1. The molecule has 1 N–H and O–H groups in total. The summed E-state index contributed by atoms with van der Waals surface area (Å²) < 4.78 is 5.75. The van der Waals surface area contributed by atoms with Gasteiger partial charge in [0.2, 0.25) is 0 Å². The lowest BCUT2D eigenvalue weighted by atomic mass is 9.85. The standard InChI is InChI=1S/C12H21NO/c1-6-9-7-8-10(14-9)11(13-5)12(2,3)4/h7-8,11,13H,6H2,1-5H3.